The van der Waals surface area contributed by atoms with E-state index in [2.05, 4.69) is 0 Å². The molecule has 1 atom stereocenters. The van der Waals surface area contributed by atoms with Gasteiger partial charge in [0, 0.05) is 48.6 Å². The fourth-order valence-electron chi connectivity index (χ4n) is 4.51. The Kier molecular flexibility index (Phi) is 7.50. The van der Waals surface area contributed by atoms with Crippen LogP contribution in [-0.2, 0) is 9.53 Å². The van der Waals surface area contributed by atoms with Gasteiger partial charge >= 0.3 is 0 Å². The highest BCUT2D eigenvalue weighted by molar-refractivity contribution is 6.30. The van der Waals surface area contributed by atoms with E-state index in [1.807, 2.05) is 4.90 Å². The average Bonchev–Trinajstić information content (AvgIpc) is 2.84. The number of hydrogen-bond acceptors (Lipinski definition) is 4. The van der Waals surface area contributed by atoms with Gasteiger partial charge in [0.15, 0.2) is 0 Å². The van der Waals surface area contributed by atoms with E-state index in [1.54, 1.807) is 35.2 Å². The number of rotatable bonds is 6. The molecule has 2 saturated heterocycles. The van der Waals surface area contributed by atoms with E-state index in [-0.39, 0.29) is 24.8 Å². The molecule has 2 aliphatic rings. The number of carbonyl (C=O) groups is 2. The van der Waals surface area contributed by atoms with Crippen LogP contribution in [0.2, 0.25) is 5.02 Å². The van der Waals surface area contributed by atoms with Crippen molar-refractivity contribution in [1.29, 1.82) is 0 Å². The van der Waals surface area contributed by atoms with Gasteiger partial charge in [-0.2, -0.15) is 0 Å². The van der Waals surface area contributed by atoms with Crippen LogP contribution in [0.4, 0.5) is 4.39 Å². The number of carbonyl (C=O) groups excluding carboxylic acids is 2. The highest BCUT2D eigenvalue weighted by Gasteiger charge is 2.41. The second kappa shape index (κ2) is 10.5. The molecule has 0 spiro atoms. The minimum atomic E-state index is -0.545. The monoisotopic (exact) mass is 474 g/mol. The first-order valence-corrected chi connectivity index (χ1v) is 11.6. The molecule has 8 heteroatoms. The van der Waals surface area contributed by atoms with Crippen LogP contribution in [0.1, 0.15) is 29.6 Å². The van der Waals surface area contributed by atoms with Crippen LogP contribution in [-0.4, -0.2) is 67.6 Å². The maximum Gasteiger partial charge on any atom is 0.253 e. The highest BCUT2D eigenvalue weighted by Crippen LogP contribution is 2.36. The smallest absolute Gasteiger partial charge is 0.253 e. The van der Waals surface area contributed by atoms with E-state index < -0.39 is 11.2 Å². The number of hydrogen-bond donors (Lipinski definition) is 0. The molecule has 2 heterocycles. The van der Waals surface area contributed by atoms with Gasteiger partial charge in [-0.05, 0) is 55.3 Å². The van der Waals surface area contributed by atoms with Crippen molar-refractivity contribution in [2.24, 2.45) is 5.41 Å². The van der Waals surface area contributed by atoms with Gasteiger partial charge < -0.3 is 19.3 Å². The number of amides is 2. The lowest BCUT2D eigenvalue weighted by Crippen LogP contribution is -2.52. The van der Waals surface area contributed by atoms with Crippen molar-refractivity contribution < 1.29 is 23.5 Å². The molecule has 0 saturated carbocycles. The molecule has 0 aliphatic carbocycles. The second-order valence-electron chi connectivity index (χ2n) is 8.75. The molecule has 176 valence electrons. The molecule has 2 aromatic rings. The topological polar surface area (TPSA) is 59.1 Å². The van der Waals surface area contributed by atoms with E-state index in [0.717, 1.165) is 12.8 Å². The Hall–Kier alpha value is -2.64. The fraction of sp³-hybridized carbons (Fsp3) is 0.440. The molecule has 2 amide bonds. The van der Waals surface area contributed by atoms with Crippen molar-refractivity contribution in [2.45, 2.75) is 19.3 Å². The minimum Gasteiger partial charge on any atom is -0.493 e. The number of ether oxygens (including phenoxy) is 2. The average molecular weight is 475 g/mol. The number of benzene rings is 2. The zero-order valence-corrected chi connectivity index (χ0v) is 19.2. The number of piperidine rings is 1. The first kappa shape index (κ1) is 23.5. The van der Waals surface area contributed by atoms with Crippen molar-refractivity contribution in [1.82, 2.24) is 9.80 Å². The Bertz CT molecular complexity index is 981. The summed E-state index contributed by atoms with van der Waals surface area (Å²) in [7, 11) is 0. The lowest BCUT2D eigenvalue weighted by atomic mass is 9.77. The van der Waals surface area contributed by atoms with E-state index in [4.69, 9.17) is 21.1 Å². The van der Waals surface area contributed by atoms with Crippen molar-refractivity contribution in [3.05, 3.63) is 64.9 Å². The van der Waals surface area contributed by atoms with Crippen LogP contribution >= 0.6 is 11.6 Å². The number of morpholine rings is 1. The summed E-state index contributed by atoms with van der Waals surface area (Å²) >= 11 is 5.98. The summed E-state index contributed by atoms with van der Waals surface area (Å²) in [6.45, 7) is 3.42. The Morgan fingerprint density at radius 1 is 1.06 bits per heavy atom. The molecular formula is C25H28ClFN2O4. The molecule has 1 unspecified atom stereocenters. The summed E-state index contributed by atoms with van der Waals surface area (Å²) in [6, 6.07) is 12.8. The predicted molar refractivity (Wildman–Crippen MR) is 123 cm³/mol. The summed E-state index contributed by atoms with van der Waals surface area (Å²) in [6.07, 6.45) is 1.76. The van der Waals surface area contributed by atoms with Crippen LogP contribution < -0.4 is 4.74 Å². The van der Waals surface area contributed by atoms with Crippen LogP contribution in [0.25, 0.3) is 0 Å². The molecule has 33 heavy (non-hydrogen) atoms. The van der Waals surface area contributed by atoms with Crippen molar-refractivity contribution >= 4 is 23.4 Å². The zero-order chi connectivity index (χ0) is 23.3. The van der Waals surface area contributed by atoms with Crippen LogP contribution in [0.15, 0.2) is 48.5 Å². The van der Waals surface area contributed by atoms with Gasteiger partial charge in [-0.25, -0.2) is 4.39 Å². The summed E-state index contributed by atoms with van der Waals surface area (Å²) in [5.41, 5.74) is -0.236. The third kappa shape index (κ3) is 6.03. The van der Waals surface area contributed by atoms with Crippen LogP contribution in [0.3, 0.4) is 0 Å². The molecule has 0 aromatic heterocycles. The molecule has 0 N–H and O–H groups in total. The van der Waals surface area contributed by atoms with Gasteiger partial charge in [0.1, 0.15) is 11.6 Å². The molecule has 6 nitrogen and oxygen atoms in total. The molecule has 2 fully saturated rings. The molecule has 4 rings (SSSR count). The second-order valence-corrected chi connectivity index (χ2v) is 9.19. The SMILES string of the molecule is O=C(CC1(COc2ccc(Cl)cc2)CCCN(C(=O)c2cccc(F)c2)C1)N1CCOCC1. The predicted octanol–water partition coefficient (Wildman–Crippen LogP) is 4.03. The van der Waals surface area contributed by atoms with E-state index in [9.17, 15) is 14.0 Å². The largest absolute Gasteiger partial charge is 0.493 e. The van der Waals surface area contributed by atoms with Crippen molar-refractivity contribution in [2.75, 3.05) is 46.0 Å². The maximum atomic E-state index is 13.7. The molecule has 2 aromatic carbocycles. The van der Waals surface area contributed by atoms with Gasteiger partial charge in [0.2, 0.25) is 5.91 Å². The molecule has 0 radical (unpaired) electrons. The Morgan fingerprint density at radius 2 is 1.82 bits per heavy atom. The zero-order valence-electron chi connectivity index (χ0n) is 18.5. The van der Waals surface area contributed by atoms with E-state index in [0.29, 0.717) is 55.7 Å². The first-order valence-electron chi connectivity index (χ1n) is 11.2. The highest BCUT2D eigenvalue weighted by atomic mass is 35.5. The summed E-state index contributed by atoms with van der Waals surface area (Å²) < 4.78 is 25.2. The van der Waals surface area contributed by atoms with Crippen LogP contribution in [0, 0.1) is 11.2 Å². The quantitative estimate of drug-likeness (QED) is 0.634. The Morgan fingerprint density at radius 3 is 2.55 bits per heavy atom. The van der Waals surface area contributed by atoms with Gasteiger partial charge in [-0.3, -0.25) is 9.59 Å². The molecular weight excluding hydrogens is 447 g/mol. The number of nitrogens with zero attached hydrogens (tertiary/aromatic N) is 2. The molecule has 2 aliphatic heterocycles. The Labute approximate surface area is 198 Å². The van der Waals surface area contributed by atoms with E-state index >= 15 is 0 Å². The van der Waals surface area contributed by atoms with Crippen molar-refractivity contribution in [3.8, 4) is 5.75 Å². The minimum absolute atomic E-state index is 0.0399. The maximum absolute atomic E-state index is 13.7. The van der Waals surface area contributed by atoms with E-state index in [1.165, 1.54) is 18.2 Å². The molecule has 0 bridgehead atoms. The fourth-order valence-corrected chi connectivity index (χ4v) is 4.64. The van der Waals surface area contributed by atoms with Gasteiger partial charge in [0.05, 0.1) is 19.8 Å². The normalized spacial score (nSPS) is 21.0. The standard InChI is InChI=1S/C25H28ClFN2O4/c26-20-5-7-22(8-6-20)33-18-25(16-23(30)28-11-13-32-14-12-28)9-2-10-29(17-25)24(31)19-3-1-4-21(27)15-19/h1,3-8,15H,2,9-14,16-18H2. The lowest BCUT2D eigenvalue weighted by Gasteiger charge is -2.43. The van der Waals surface area contributed by atoms with Crippen LogP contribution in [0.5, 0.6) is 5.75 Å². The summed E-state index contributed by atoms with van der Waals surface area (Å²) in [4.78, 5) is 29.8. The lowest BCUT2D eigenvalue weighted by molar-refractivity contribution is -0.139. The van der Waals surface area contributed by atoms with Gasteiger partial charge in [-0.1, -0.05) is 17.7 Å². The summed E-state index contributed by atoms with van der Waals surface area (Å²) in [5.74, 6) is 0.0193. The third-order valence-electron chi connectivity index (χ3n) is 6.27. The summed E-state index contributed by atoms with van der Waals surface area (Å²) in [5, 5.41) is 0.615. The van der Waals surface area contributed by atoms with Crippen molar-refractivity contribution in [3.63, 3.8) is 0 Å². The third-order valence-corrected chi connectivity index (χ3v) is 6.52. The van der Waals surface area contributed by atoms with Gasteiger partial charge in [0.25, 0.3) is 5.91 Å². The number of halogens is 2. The first-order chi connectivity index (χ1) is 15.9. The Balaban J connectivity index is 1.53. The number of likely N-dealkylation sites (tertiary alicyclic amines) is 1. The van der Waals surface area contributed by atoms with Gasteiger partial charge in [-0.15, -0.1) is 0 Å².